The molecule has 0 bridgehead atoms. The van der Waals surface area contributed by atoms with Crippen LogP contribution in [0.5, 0.6) is 0 Å². The third kappa shape index (κ3) is 5.09. The summed E-state index contributed by atoms with van der Waals surface area (Å²) >= 11 is 0. The predicted molar refractivity (Wildman–Crippen MR) is 121 cm³/mol. The lowest BCUT2D eigenvalue weighted by Gasteiger charge is -2.32. The molecule has 31 heavy (non-hydrogen) atoms. The molecule has 160 valence electrons. The first kappa shape index (κ1) is 21.4. The lowest BCUT2D eigenvalue weighted by Crippen LogP contribution is -2.40. The SMILES string of the molecule is O=S(=O)(c1ccccc1)N1CCC(/C(=N/Cc2ccccc2)c2ccc(F)cc2)CC1. The summed E-state index contributed by atoms with van der Waals surface area (Å²) in [7, 11) is -3.49. The lowest BCUT2D eigenvalue weighted by molar-refractivity contribution is 0.316. The van der Waals surface area contributed by atoms with Crippen LogP contribution >= 0.6 is 0 Å². The smallest absolute Gasteiger partial charge is 0.243 e. The summed E-state index contributed by atoms with van der Waals surface area (Å²) in [6.45, 7) is 1.41. The molecule has 1 saturated heterocycles. The number of hydrogen-bond donors (Lipinski definition) is 0. The molecule has 0 unspecified atom stereocenters. The summed E-state index contributed by atoms with van der Waals surface area (Å²) in [5.41, 5.74) is 2.91. The van der Waals surface area contributed by atoms with Gasteiger partial charge in [-0.15, -0.1) is 0 Å². The Hall–Kier alpha value is -2.83. The molecule has 1 aliphatic rings. The number of sulfonamides is 1. The average Bonchev–Trinajstić information content (AvgIpc) is 2.82. The van der Waals surface area contributed by atoms with Crippen molar-refractivity contribution in [3.8, 4) is 0 Å². The minimum Gasteiger partial charge on any atom is -0.284 e. The molecular weight excluding hydrogens is 411 g/mol. The monoisotopic (exact) mass is 436 g/mol. The maximum Gasteiger partial charge on any atom is 0.243 e. The fraction of sp³-hybridized carbons (Fsp3) is 0.240. The number of rotatable bonds is 6. The standard InChI is InChI=1S/C25H25FN2O2S/c26-23-13-11-21(12-14-23)25(27-19-20-7-3-1-4-8-20)22-15-17-28(18-16-22)31(29,30)24-9-5-2-6-10-24/h1-14,22H,15-19H2/b27-25+. The number of halogens is 1. The Bertz CT molecular complexity index is 1120. The van der Waals surface area contributed by atoms with Gasteiger partial charge in [0.25, 0.3) is 0 Å². The van der Waals surface area contributed by atoms with E-state index >= 15 is 0 Å². The number of aliphatic imine (C=N–C) groups is 1. The van der Waals surface area contributed by atoms with Crippen molar-refractivity contribution in [2.75, 3.05) is 13.1 Å². The quantitative estimate of drug-likeness (QED) is 0.515. The second-order valence-electron chi connectivity index (χ2n) is 7.69. The van der Waals surface area contributed by atoms with Crippen molar-refractivity contribution in [3.63, 3.8) is 0 Å². The molecule has 0 spiro atoms. The van der Waals surface area contributed by atoms with Crippen molar-refractivity contribution in [2.24, 2.45) is 10.9 Å². The lowest BCUT2D eigenvalue weighted by atomic mass is 9.88. The van der Waals surface area contributed by atoms with Gasteiger partial charge in [-0.1, -0.05) is 60.7 Å². The van der Waals surface area contributed by atoms with Gasteiger partial charge in [0.1, 0.15) is 5.82 Å². The summed E-state index contributed by atoms with van der Waals surface area (Å²) < 4.78 is 40.9. The molecule has 3 aromatic rings. The Morgan fingerprint density at radius 2 is 1.45 bits per heavy atom. The second kappa shape index (κ2) is 9.54. The molecule has 0 aliphatic carbocycles. The first-order valence-corrected chi connectivity index (χ1v) is 11.9. The molecule has 4 nitrogen and oxygen atoms in total. The molecule has 0 aromatic heterocycles. The van der Waals surface area contributed by atoms with Crippen LogP contribution in [0.2, 0.25) is 0 Å². The fourth-order valence-electron chi connectivity index (χ4n) is 3.95. The van der Waals surface area contributed by atoms with Crippen LogP contribution in [0.4, 0.5) is 4.39 Å². The highest BCUT2D eigenvalue weighted by molar-refractivity contribution is 7.89. The van der Waals surface area contributed by atoms with Gasteiger partial charge in [0, 0.05) is 24.7 Å². The minimum absolute atomic E-state index is 0.122. The molecule has 4 rings (SSSR count). The van der Waals surface area contributed by atoms with E-state index < -0.39 is 10.0 Å². The van der Waals surface area contributed by atoms with Crippen molar-refractivity contribution in [1.82, 2.24) is 4.31 Å². The summed E-state index contributed by atoms with van der Waals surface area (Å²) in [5, 5.41) is 0. The van der Waals surface area contributed by atoms with Crippen molar-refractivity contribution in [2.45, 2.75) is 24.3 Å². The molecule has 0 amide bonds. The van der Waals surface area contributed by atoms with E-state index in [-0.39, 0.29) is 11.7 Å². The van der Waals surface area contributed by atoms with Gasteiger partial charge in [-0.05, 0) is 48.2 Å². The van der Waals surface area contributed by atoms with Gasteiger partial charge < -0.3 is 0 Å². The molecular formula is C25H25FN2O2S. The van der Waals surface area contributed by atoms with Crippen LogP contribution in [0.15, 0.2) is 94.8 Å². The van der Waals surface area contributed by atoms with E-state index in [1.807, 2.05) is 36.4 Å². The molecule has 1 heterocycles. The van der Waals surface area contributed by atoms with Crippen LogP contribution in [0.25, 0.3) is 0 Å². The second-order valence-corrected chi connectivity index (χ2v) is 9.62. The van der Waals surface area contributed by atoms with Crippen molar-refractivity contribution >= 4 is 15.7 Å². The van der Waals surface area contributed by atoms with E-state index in [1.54, 1.807) is 40.7 Å². The molecule has 6 heteroatoms. The molecule has 1 fully saturated rings. The highest BCUT2D eigenvalue weighted by Crippen LogP contribution is 2.27. The third-order valence-corrected chi connectivity index (χ3v) is 7.55. The highest BCUT2D eigenvalue weighted by atomic mass is 32.2. The van der Waals surface area contributed by atoms with Crippen LogP contribution in [0.3, 0.4) is 0 Å². The summed E-state index contributed by atoms with van der Waals surface area (Å²) in [5.74, 6) is -0.161. The van der Waals surface area contributed by atoms with Crippen LogP contribution in [0.1, 0.15) is 24.0 Å². The van der Waals surface area contributed by atoms with E-state index in [0.29, 0.717) is 37.4 Å². The highest BCUT2D eigenvalue weighted by Gasteiger charge is 2.31. The van der Waals surface area contributed by atoms with E-state index in [1.165, 1.54) is 12.1 Å². The Labute approximate surface area is 183 Å². The Balaban J connectivity index is 1.54. The zero-order valence-electron chi connectivity index (χ0n) is 17.2. The third-order valence-electron chi connectivity index (χ3n) is 5.64. The van der Waals surface area contributed by atoms with Gasteiger partial charge in [0.05, 0.1) is 11.4 Å². The van der Waals surface area contributed by atoms with Crippen LogP contribution in [-0.4, -0.2) is 31.5 Å². The first-order chi connectivity index (χ1) is 15.0. The summed E-state index contributed by atoms with van der Waals surface area (Å²) in [4.78, 5) is 5.21. The van der Waals surface area contributed by atoms with Crippen molar-refractivity contribution in [1.29, 1.82) is 0 Å². The number of benzene rings is 3. The summed E-state index contributed by atoms with van der Waals surface area (Å²) in [6.07, 6.45) is 1.36. The van der Waals surface area contributed by atoms with Gasteiger partial charge >= 0.3 is 0 Å². The summed E-state index contributed by atoms with van der Waals surface area (Å²) in [6, 6.07) is 24.9. The predicted octanol–water partition coefficient (Wildman–Crippen LogP) is 4.92. The van der Waals surface area contributed by atoms with Gasteiger partial charge in [0.15, 0.2) is 0 Å². The first-order valence-electron chi connectivity index (χ1n) is 10.4. The van der Waals surface area contributed by atoms with E-state index in [0.717, 1.165) is 16.8 Å². The molecule has 0 atom stereocenters. The van der Waals surface area contributed by atoms with E-state index in [2.05, 4.69) is 0 Å². The molecule has 1 aliphatic heterocycles. The van der Waals surface area contributed by atoms with E-state index in [9.17, 15) is 12.8 Å². The van der Waals surface area contributed by atoms with Crippen molar-refractivity contribution in [3.05, 3.63) is 102 Å². The Morgan fingerprint density at radius 1 is 0.871 bits per heavy atom. The van der Waals surface area contributed by atoms with Gasteiger partial charge in [-0.2, -0.15) is 4.31 Å². The minimum atomic E-state index is -3.49. The van der Waals surface area contributed by atoms with Gasteiger partial charge in [-0.25, -0.2) is 12.8 Å². The van der Waals surface area contributed by atoms with Gasteiger partial charge in [0.2, 0.25) is 10.0 Å². The topological polar surface area (TPSA) is 49.7 Å². The zero-order chi connectivity index (χ0) is 21.7. The van der Waals surface area contributed by atoms with Crippen LogP contribution in [-0.2, 0) is 16.6 Å². The molecule has 3 aromatic carbocycles. The maximum absolute atomic E-state index is 13.5. The van der Waals surface area contributed by atoms with Gasteiger partial charge in [-0.3, -0.25) is 4.99 Å². The van der Waals surface area contributed by atoms with Crippen molar-refractivity contribution < 1.29 is 12.8 Å². The molecule has 0 radical (unpaired) electrons. The molecule has 0 N–H and O–H groups in total. The average molecular weight is 437 g/mol. The number of nitrogens with zero attached hydrogens (tertiary/aromatic N) is 2. The van der Waals surface area contributed by atoms with Crippen LogP contribution in [0, 0.1) is 11.7 Å². The maximum atomic E-state index is 13.5. The fourth-order valence-corrected chi connectivity index (χ4v) is 5.44. The van der Waals surface area contributed by atoms with Crippen LogP contribution < -0.4 is 0 Å². The largest absolute Gasteiger partial charge is 0.284 e. The Morgan fingerprint density at radius 3 is 2.06 bits per heavy atom. The van der Waals surface area contributed by atoms with E-state index in [4.69, 9.17) is 4.99 Å². The molecule has 0 saturated carbocycles. The number of hydrogen-bond acceptors (Lipinski definition) is 3. The number of piperidine rings is 1. The normalized spacial score (nSPS) is 16.4. The zero-order valence-corrected chi connectivity index (χ0v) is 18.0. The Kier molecular flexibility index (Phi) is 6.59.